The van der Waals surface area contributed by atoms with Crippen molar-refractivity contribution < 1.29 is 13.2 Å². The largest absolute Gasteiger partial charge is 0.434 e. The summed E-state index contributed by atoms with van der Waals surface area (Å²) in [6.07, 6.45) is -3.83. The lowest BCUT2D eigenvalue weighted by molar-refractivity contribution is -0.141. The summed E-state index contributed by atoms with van der Waals surface area (Å²) < 4.78 is 37.4. The molecular formula is C9H13F3N2S. The average molecular weight is 238 g/mol. The molecule has 0 amide bonds. The maximum atomic E-state index is 12.5. The van der Waals surface area contributed by atoms with Gasteiger partial charge < -0.3 is 5.73 Å². The predicted molar refractivity (Wildman–Crippen MR) is 53.5 cm³/mol. The third kappa shape index (κ3) is 3.17. The maximum Gasteiger partial charge on any atom is 0.434 e. The Bertz CT molecular complexity index is 331. The number of hydrogen-bond donors (Lipinski definition) is 1. The van der Waals surface area contributed by atoms with Gasteiger partial charge in [-0.25, -0.2) is 4.98 Å². The van der Waals surface area contributed by atoms with Gasteiger partial charge in [0.1, 0.15) is 0 Å². The molecule has 6 heteroatoms. The van der Waals surface area contributed by atoms with E-state index in [-0.39, 0.29) is 11.4 Å². The van der Waals surface area contributed by atoms with Crippen molar-refractivity contribution >= 4 is 11.3 Å². The van der Waals surface area contributed by atoms with Crippen LogP contribution in [0.1, 0.15) is 29.4 Å². The summed E-state index contributed by atoms with van der Waals surface area (Å²) in [5, 5.41) is 0.512. The second-order valence-corrected chi connectivity index (χ2v) is 4.85. The van der Waals surface area contributed by atoms with Gasteiger partial charge in [0.2, 0.25) is 0 Å². The number of nitrogens with two attached hydrogens (primary N) is 1. The van der Waals surface area contributed by atoms with E-state index in [2.05, 4.69) is 4.98 Å². The average Bonchev–Trinajstić information content (AvgIpc) is 2.45. The third-order valence-electron chi connectivity index (χ3n) is 1.78. The first-order chi connectivity index (χ1) is 6.84. The van der Waals surface area contributed by atoms with Crippen molar-refractivity contribution in [1.82, 2.24) is 4.98 Å². The van der Waals surface area contributed by atoms with Gasteiger partial charge in [-0.05, 0) is 5.92 Å². The van der Waals surface area contributed by atoms with Crippen molar-refractivity contribution in [3.05, 3.63) is 15.6 Å². The van der Waals surface area contributed by atoms with Gasteiger partial charge in [0.25, 0.3) is 0 Å². The number of nitrogens with zero attached hydrogens (tertiary/aromatic N) is 1. The van der Waals surface area contributed by atoms with E-state index in [9.17, 15) is 13.2 Å². The highest BCUT2D eigenvalue weighted by Crippen LogP contribution is 2.34. The number of hydrogen-bond acceptors (Lipinski definition) is 3. The molecule has 1 rings (SSSR count). The molecule has 0 fully saturated rings. The van der Waals surface area contributed by atoms with Crippen LogP contribution in [0.3, 0.4) is 0 Å². The van der Waals surface area contributed by atoms with Crippen LogP contribution in [0.15, 0.2) is 0 Å². The van der Waals surface area contributed by atoms with Crippen molar-refractivity contribution in [3.8, 4) is 0 Å². The summed E-state index contributed by atoms with van der Waals surface area (Å²) >= 11 is 1.06. The molecule has 0 bridgehead atoms. The highest BCUT2D eigenvalue weighted by molar-refractivity contribution is 7.11. The van der Waals surface area contributed by atoms with Crippen molar-refractivity contribution in [2.24, 2.45) is 11.7 Å². The lowest BCUT2D eigenvalue weighted by Crippen LogP contribution is -2.10. The molecule has 0 aliphatic rings. The van der Waals surface area contributed by atoms with E-state index < -0.39 is 11.9 Å². The summed E-state index contributed by atoms with van der Waals surface area (Å²) in [7, 11) is 0. The van der Waals surface area contributed by atoms with Crippen LogP contribution in [-0.4, -0.2) is 4.98 Å². The van der Waals surface area contributed by atoms with Crippen LogP contribution >= 0.6 is 11.3 Å². The van der Waals surface area contributed by atoms with Crippen molar-refractivity contribution in [3.63, 3.8) is 0 Å². The molecule has 0 saturated heterocycles. The van der Waals surface area contributed by atoms with Crippen LogP contribution in [-0.2, 0) is 19.1 Å². The van der Waals surface area contributed by atoms with Gasteiger partial charge in [0.05, 0.1) is 9.88 Å². The second-order valence-electron chi connectivity index (χ2n) is 3.68. The molecule has 0 saturated carbocycles. The molecule has 0 aromatic carbocycles. The SMILES string of the molecule is CC(C)Cc1nc(C(F)(F)F)c(CN)s1. The Morgan fingerprint density at radius 2 is 2.00 bits per heavy atom. The van der Waals surface area contributed by atoms with Gasteiger partial charge >= 0.3 is 6.18 Å². The van der Waals surface area contributed by atoms with Crippen LogP contribution < -0.4 is 5.73 Å². The monoisotopic (exact) mass is 238 g/mol. The van der Waals surface area contributed by atoms with Gasteiger partial charge in [-0.15, -0.1) is 11.3 Å². The molecule has 1 aromatic heterocycles. The standard InChI is InChI=1S/C9H13F3N2S/c1-5(2)3-7-14-8(9(10,11)12)6(4-13)15-7/h5H,3-4,13H2,1-2H3. The predicted octanol–water partition coefficient (Wildman–Crippen LogP) is 2.82. The third-order valence-corrected chi connectivity index (χ3v) is 2.88. The van der Waals surface area contributed by atoms with Crippen molar-refractivity contribution in [2.75, 3.05) is 0 Å². The number of aromatic nitrogens is 1. The van der Waals surface area contributed by atoms with Gasteiger partial charge in [-0.1, -0.05) is 13.8 Å². The van der Waals surface area contributed by atoms with Gasteiger partial charge in [-0.3, -0.25) is 0 Å². The molecule has 0 atom stereocenters. The zero-order valence-corrected chi connectivity index (χ0v) is 9.37. The molecule has 15 heavy (non-hydrogen) atoms. The zero-order chi connectivity index (χ0) is 11.6. The molecule has 2 N–H and O–H groups in total. The van der Waals surface area contributed by atoms with Crippen molar-refractivity contribution in [1.29, 1.82) is 0 Å². The highest BCUT2D eigenvalue weighted by Gasteiger charge is 2.36. The molecule has 0 radical (unpaired) electrons. The Morgan fingerprint density at radius 3 is 2.33 bits per heavy atom. The molecular weight excluding hydrogens is 225 g/mol. The first kappa shape index (κ1) is 12.4. The quantitative estimate of drug-likeness (QED) is 0.879. The Hall–Kier alpha value is -0.620. The lowest BCUT2D eigenvalue weighted by Gasteiger charge is -2.03. The van der Waals surface area contributed by atoms with Crippen LogP contribution in [0.25, 0.3) is 0 Å². The van der Waals surface area contributed by atoms with Gasteiger partial charge in [0, 0.05) is 13.0 Å². The number of halogens is 3. The Kier molecular flexibility index (Phi) is 3.72. The van der Waals surface area contributed by atoms with E-state index >= 15 is 0 Å². The minimum atomic E-state index is -4.39. The number of alkyl halides is 3. The molecule has 2 nitrogen and oxygen atoms in total. The highest BCUT2D eigenvalue weighted by atomic mass is 32.1. The number of rotatable bonds is 3. The van der Waals surface area contributed by atoms with Crippen LogP contribution in [0.4, 0.5) is 13.2 Å². The van der Waals surface area contributed by atoms with E-state index in [0.29, 0.717) is 17.3 Å². The minimum Gasteiger partial charge on any atom is -0.326 e. The fraction of sp³-hybridized carbons (Fsp3) is 0.667. The van der Waals surface area contributed by atoms with Crippen molar-refractivity contribution in [2.45, 2.75) is 33.0 Å². The lowest BCUT2D eigenvalue weighted by atomic mass is 10.1. The fourth-order valence-electron chi connectivity index (χ4n) is 1.20. The molecule has 0 spiro atoms. The Labute approximate surface area is 90.3 Å². The Balaban J connectivity index is 3.01. The van der Waals surface area contributed by atoms with E-state index in [0.717, 1.165) is 11.3 Å². The van der Waals surface area contributed by atoms with E-state index in [1.54, 1.807) is 0 Å². The molecule has 1 aromatic rings. The zero-order valence-electron chi connectivity index (χ0n) is 8.56. The maximum absolute atomic E-state index is 12.5. The normalized spacial score (nSPS) is 12.5. The first-order valence-corrected chi connectivity index (χ1v) is 5.42. The van der Waals surface area contributed by atoms with Crippen LogP contribution in [0, 0.1) is 5.92 Å². The topological polar surface area (TPSA) is 38.9 Å². The first-order valence-electron chi connectivity index (χ1n) is 4.60. The molecule has 0 aliphatic heterocycles. The van der Waals surface area contributed by atoms with E-state index in [4.69, 9.17) is 5.73 Å². The molecule has 1 heterocycles. The smallest absolute Gasteiger partial charge is 0.326 e. The van der Waals surface area contributed by atoms with Gasteiger partial charge in [-0.2, -0.15) is 13.2 Å². The van der Waals surface area contributed by atoms with E-state index in [1.165, 1.54) is 0 Å². The summed E-state index contributed by atoms with van der Waals surface area (Å²) in [5.74, 6) is 0.294. The fourth-order valence-corrected chi connectivity index (χ4v) is 2.38. The molecule has 86 valence electrons. The number of thiazole rings is 1. The summed E-state index contributed by atoms with van der Waals surface area (Å²) in [6.45, 7) is 3.78. The van der Waals surface area contributed by atoms with Crippen LogP contribution in [0.5, 0.6) is 0 Å². The van der Waals surface area contributed by atoms with E-state index in [1.807, 2.05) is 13.8 Å². The van der Waals surface area contributed by atoms with Gasteiger partial charge in [0.15, 0.2) is 5.69 Å². The molecule has 0 unspecified atom stereocenters. The second kappa shape index (κ2) is 4.49. The van der Waals surface area contributed by atoms with Crippen LogP contribution in [0.2, 0.25) is 0 Å². The summed E-state index contributed by atoms with van der Waals surface area (Å²) in [6, 6.07) is 0. The summed E-state index contributed by atoms with van der Waals surface area (Å²) in [5.41, 5.74) is 4.45. The minimum absolute atomic E-state index is 0.107. The Morgan fingerprint density at radius 1 is 1.40 bits per heavy atom. The summed E-state index contributed by atoms with van der Waals surface area (Å²) in [4.78, 5) is 3.73. The molecule has 0 aliphatic carbocycles.